The summed E-state index contributed by atoms with van der Waals surface area (Å²) in [7, 11) is 0. The maximum atomic E-state index is 12.0. The van der Waals surface area contributed by atoms with Gasteiger partial charge in [0, 0.05) is 19.1 Å². The zero-order valence-corrected chi connectivity index (χ0v) is 10.4. The minimum Gasteiger partial charge on any atom is -0.335 e. The van der Waals surface area contributed by atoms with Gasteiger partial charge in [0.25, 0.3) is 0 Å². The van der Waals surface area contributed by atoms with E-state index in [1.54, 1.807) is 0 Å². The molecule has 2 fully saturated rings. The molecule has 0 radical (unpaired) electrons. The number of rotatable bonds is 1. The Kier molecular flexibility index (Phi) is 4.08. The number of nitrogens with one attached hydrogen (secondary N) is 1. The largest absolute Gasteiger partial charge is 0.335 e. The van der Waals surface area contributed by atoms with Crippen molar-refractivity contribution in [3.63, 3.8) is 0 Å². The fourth-order valence-corrected chi connectivity index (χ4v) is 2.88. The summed E-state index contributed by atoms with van der Waals surface area (Å²) in [6.45, 7) is 4.18. The van der Waals surface area contributed by atoms with Crippen LogP contribution in [0.15, 0.2) is 0 Å². The SMILES string of the molecule is CC1CCCCCC1NC(=O)N1CCCC1. The standard InChI is InChI=1S/C13H24N2O/c1-11-7-3-2-4-8-12(11)14-13(16)15-9-5-6-10-15/h11-12H,2-10H2,1H3,(H,14,16). The number of carbonyl (C=O) groups is 1. The van der Waals surface area contributed by atoms with E-state index in [4.69, 9.17) is 0 Å². The molecule has 92 valence electrons. The van der Waals surface area contributed by atoms with E-state index < -0.39 is 0 Å². The molecule has 0 spiro atoms. The van der Waals surface area contributed by atoms with Gasteiger partial charge in [0.2, 0.25) is 0 Å². The van der Waals surface area contributed by atoms with Crippen LogP contribution in [0.1, 0.15) is 51.9 Å². The second-order valence-electron chi connectivity index (χ2n) is 5.37. The Morgan fingerprint density at radius 2 is 1.75 bits per heavy atom. The van der Waals surface area contributed by atoms with Gasteiger partial charge in [-0.1, -0.05) is 26.2 Å². The van der Waals surface area contributed by atoms with Gasteiger partial charge in [-0.25, -0.2) is 4.79 Å². The molecule has 2 rings (SSSR count). The molecule has 16 heavy (non-hydrogen) atoms. The summed E-state index contributed by atoms with van der Waals surface area (Å²) >= 11 is 0. The van der Waals surface area contributed by atoms with Crippen LogP contribution in [0.4, 0.5) is 4.79 Å². The van der Waals surface area contributed by atoms with Crippen molar-refractivity contribution in [3.8, 4) is 0 Å². The predicted molar refractivity (Wildman–Crippen MR) is 65.4 cm³/mol. The number of urea groups is 1. The van der Waals surface area contributed by atoms with E-state index in [-0.39, 0.29) is 6.03 Å². The lowest BCUT2D eigenvalue weighted by atomic mass is 9.97. The summed E-state index contributed by atoms with van der Waals surface area (Å²) < 4.78 is 0. The predicted octanol–water partition coefficient (Wildman–Crippen LogP) is 2.76. The number of likely N-dealkylation sites (tertiary alicyclic amines) is 1. The van der Waals surface area contributed by atoms with Crippen LogP contribution in [0.3, 0.4) is 0 Å². The minimum atomic E-state index is 0.177. The molecule has 3 heteroatoms. The molecule has 1 N–H and O–H groups in total. The normalized spacial score (nSPS) is 31.2. The van der Waals surface area contributed by atoms with Crippen molar-refractivity contribution in [1.82, 2.24) is 10.2 Å². The first-order chi connectivity index (χ1) is 7.77. The quantitative estimate of drug-likeness (QED) is 0.682. The first-order valence-corrected chi connectivity index (χ1v) is 6.83. The highest BCUT2D eigenvalue weighted by Gasteiger charge is 2.25. The second-order valence-corrected chi connectivity index (χ2v) is 5.37. The fourth-order valence-electron chi connectivity index (χ4n) is 2.88. The average molecular weight is 224 g/mol. The molecular weight excluding hydrogens is 200 g/mol. The first kappa shape index (κ1) is 11.7. The molecule has 0 aromatic rings. The second kappa shape index (κ2) is 5.55. The molecule has 2 atom stereocenters. The van der Waals surface area contributed by atoms with Crippen LogP contribution >= 0.6 is 0 Å². The van der Waals surface area contributed by atoms with Crippen LogP contribution in [0.25, 0.3) is 0 Å². The van der Waals surface area contributed by atoms with Crippen molar-refractivity contribution in [3.05, 3.63) is 0 Å². The molecule has 1 aliphatic carbocycles. The molecule has 1 aliphatic heterocycles. The van der Waals surface area contributed by atoms with E-state index in [2.05, 4.69) is 12.2 Å². The van der Waals surface area contributed by atoms with E-state index in [1.807, 2.05) is 4.90 Å². The Balaban J connectivity index is 1.84. The third-order valence-electron chi connectivity index (χ3n) is 4.06. The van der Waals surface area contributed by atoms with Crippen molar-refractivity contribution < 1.29 is 4.79 Å². The van der Waals surface area contributed by atoms with Gasteiger partial charge < -0.3 is 10.2 Å². The van der Waals surface area contributed by atoms with Gasteiger partial charge in [-0.2, -0.15) is 0 Å². The fraction of sp³-hybridized carbons (Fsp3) is 0.923. The number of nitrogens with zero attached hydrogens (tertiary/aromatic N) is 1. The molecule has 0 aromatic carbocycles. The maximum absolute atomic E-state index is 12.0. The number of hydrogen-bond donors (Lipinski definition) is 1. The lowest BCUT2D eigenvalue weighted by molar-refractivity contribution is 0.198. The topological polar surface area (TPSA) is 32.3 Å². The maximum Gasteiger partial charge on any atom is 0.317 e. The van der Waals surface area contributed by atoms with Crippen molar-refractivity contribution in [2.24, 2.45) is 5.92 Å². The van der Waals surface area contributed by atoms with E-state index >= 15 is 0 Å². The molecule has 1 saturated heterocycles. The molecule has 2 amide bonds. The highest BCUT2D eigenvalue weighted by atomic mass is 16.2. The molecule has 0 bridgehead atoms. The number of hydrogen-bond acceptors (Lipinski definition) is 1. The summed E-state index contributed by atoms with van der Waals surface area (Å²) in [5.41, 5.74) is 0. The van der Waals surface area contributed by atoms with Crippen molar-refractivity contribution >= 4 is 6.03 Å². The van der Waals surface area contributed by atoms with Crippen LogP contribution in [0.2, 0.25) is 0 Å². The average Bonchev–Trinajstić information content (AvgIpc) is 2.73. The number of amides is 2. The Hall–Kier alpha value is -0.730. The van der Waals surface area contributed by atoms with E-state index in [0.29, 0.717) is 12.0 Å². The molecular formula is C13H24N2O. The van der Waals surface area contributed by atoms with Gasteiger partial charge in [0.1, 0.15) is 0 Å². The first-order valence-electron chi connectivity index (χ1n) is 6.83. The van der Waals surface area contributed by atoms with Gasteiger partial charge in [0.15, 0.2) is 0 Å². The minimum absolute atomic E-state index is 0.177. The molecule has 2 aliphatic rings. The molecule has 2 unspecified atom stereocenters. The van der Waals surface area contributed by atoms with E-state index in [0.717, 1.165) is 13.1 Å². The zero-order valence-electron chi connectivity index (χ0n) is 10.4. The monoisotopic (exact) mass is 224 g/mol. The Morgan fingerprint density at radius 3 is 2.50 bits per heavy atom. The van der Waals surface area contributed by atoms with Crippen molar-refractivity contribution in [2.45, 2.75) is 57.9 Å². The van der Waals surface area contributed by atoms with Gasteiger partial charge >= 0.3 is 6.03 Å². The van der Waals surface area contributed by atoms with Gasteiger partial charge in [-0.15, -0.1) is 0 Å². The summed E-state index contributed by atoms with van der Waals surface area (Å²) in [5, 5.41) is 3.24. The molecule has 1 heterocycles. The van der Waals surface area contributed by atoms with Crippen LogP contribution in [0.5, 0.6) is 0 Å². The highest BCUT2D eigenvalue weighted by Crippen LogP contribution is 2.23. The van der Waals surface area contributed by atoms with E-state index in [1.165, 1.54) is 44.9 Å². The van der Waals surface area contributed by atoms with Gasteiger partial charge in [-0.3, -0.25) is 0 Å². The van der Waals surface area contributed by atoms with Crippen LogP contribution in [0, 0.1) is 5.92 Å². The molecule has 0 aromatic heterocycles. The Bertz CT molecular complexity index is 236. The lowest BCUT2D eigenvalue weighted by Gasteiger charge is -2.26. The molecule has 1 saturated carbocycles. The van der Waals surface area contributed by atoms with Crippen LogP contribution < -0.4 is 5.32 Å². The zero-order chi connectivity index (χ0) is 11.4. The van der Waals surface area contributed by atoms with Gasteiger partial charge in [-0.05, 0) is 31.6 Å². The molecule has 3 nitrogen and oxygen atoms in total. The van der Waals surface area contributed by atoms with Crippen molar-refractivity contribution in [2.75, 3.05) is 13.1 Å². The van der Waals surface area contributed by atoms with Crippen LogP contribution in [-0.4, -0.2) is 30.1 Å². The van der Waals surface area contributed by atoms with Crippen molar-refractivity contribution in [1.29, 1.82) is 0 Å². The van der Waals surface area contributed by atoms with Gasteiger partial charge in [0.05, 0.1) is 0 Å². The summed E-state index contributed by atoms with van der Waals surface area (Å²) in [6.07, 6.45) is 8.72. The van der Waals surface area contributed by atoms with Crippen LogP contribution in [-0.2, 0) is 0 Å². The van der Waals surface area contributed by atoms with E-state index in [9.17, 15) is 4.79 Å². The summed E-state index contributed by atoms with van der Waals surface area (Å²) in [6, 6.07) is 0.590. The highest BCUT2D eigenvalue weighted by molar-refractivity contribution is 5.74. The summed E-state index contributed by atoms with van der Waals surface area (Å²) in [5.74, 6) is 0.647. The Morgan fingerprint density at radius 1 is 1.06 bits per heavy atom. The lowest BCUT2D eigenvalue weighted by Crippen LogP contribution is -2.45. The summed E-state index contributed by atoms with van der Waals surface area (Å²) in [4.78, 5) is 14.0. The Labute approximate surface area is 98.6 Å². The third-order valence-corrected chi connectivity index (χ3v) is 4.06. The smallest absolute Gasteiger partial charge is 0.317 e. The third kappa shape index (κ3) is 2.89. The number of carbonyl (C=O) groups excluding carboxylic acids is 1.